The molecular formula is C12H17N. The van der Waals surface area contributed by atoms with Crippen molar-refractivity contribution in [1.29, 1.82) is 0 Å². The smallest absolute Gasteiger partial charge is 0.0405 e. The average molecular weight is 175 g/mol. The second-order valence-corrected chi connectivity index (χ2v) is 4.71. The molecule has 1 aromatic rings. The summed E-state index contributed by atoms with van der Waals surface area (Å²) in [5.74, 6) is 0. The molecule has 1 nitrogen and oxygen atoms in total. The molecule has 0 spiro atoms. The predicted octanol–water partition coefficient (Wildman–Crippen LogP) is 2.72. The van der Waals surface area contributed by atoms with Gasteiger partial charge in [0.15, 0.2) is 0 Å². The molecule has 13 heavy (non-hydrogen) atoms. The Balaban J connectivity index is 2.66. The van der Waals surface area contributed by atoms with Gasteiger partial charge in [-0.2, -0.15) is 0 Å². The summed E-state index contributed by atoms with van der Waals surface area (Å²) < 4.78 is 0. The molecule has 0 amide bonds. The van der Waals surface area contributed by atoms with Gasteiger partial charge >= 0.3 is 0 Å². The number of likely N-dealkylation sites (N-methyl/N-ethyl adjacent to an activating group) is 1. The first-order valence-corrected chi connectivity index (χ1v) is 4.83. The molecule has 1 heteroatoms. The summed E-state index contributed by atoms with van der Waals surface area (Å²) in [7, 11) is 2.17. The Morgan fingerprint density at radius 1 is 1.31 bits per heavy atom. The first-order chi connectivity index (χ1) is 6.02. The standard InChI is InChI=1S/C12H17N/c1-9-6-5-7-10-11(9)12(2,3)8-13(10)4/h5-7H,8H2,1-4H3. The summed E-state index contributed by atoms with van der Waals surface area (Å²) in [5.41, 5.74) is 4.67. The minimum absolute atomic E-state index is 0.315. The maximum atomic E-state index is 2.35. The quantitative estimate of drug-likeness (QED) is 0.586. The second-order valence-electron chi connectivity index (χ2n) is 4.71. The zero-order chi connectivity index (χ0) is 9.64. The Kier molecular flexibility index (Phi) is 1.66. The third-order valence-electron chi connectivity index (χ3n) is 2.97. The molecule has 0 bridgehead atoms. The number of aryl methyl sites for hydroxylation is 1. The highest BCUT2D eigenvalue weighted by atomic mass is 15.1. The number of nitrogens with zero attached hydrogens (tertiary/aromatic N) is 1. The molecule has 0 saturated heterocycles. The van der Waals surface area contributed by atoms with E-state index in [0.717, 1.165) is 6.54 Å². The molecule has 1 aliphatic rings. The first-order valence-electron chi connectivity index (χ1n) is 4.83. The molecule has 0 N–H and O–H groups in total. The van der Waals surface area contributed by atoms with Crippen molar-refractivity contribution < 1.29 is 0 Å². The van der Waals surface area contributed by atoms with E-state index in [9.17, 15) is 0 Å². The molecule has 0 saturated carbocycles. The van der Waals surface area contributed by atoms with E-state index in [0.29, 0.717) is 5.41 Å². The van der Waals surface area contributed by atoms with Gasteiger partial charge in [0.2, 0.25) is 0 Å². The number of fused-ring (bicyclic) bond motifs is 1. The molecule has 0 radical (unpaired) electrons. The third kappa shape index (κ3) is 1.14. The minimum Gasteiger partial charge on any atom is -0.373 e. The number of rotatable bonds is 0. The van der Waals surface area contributed by atoms with Crippen molar-refractivity contribution >= 4 is 5.69 Å². The second kappa shape index (κ2) is 2.50. The van der Waals surface area contributed by atoms with E-state index in [2.05, 4.69) is 50.9 Å². The van der Waals surface area contributed by atoms with Crippen LogP contribution >= 0.6 is 0 Å². The topological polar surface area (TPSA) is 3.24 Å². The van der Waals surface area contributed by atoms with Gasteiger partial charge in [0.05, 0.1) is 0 Å². The number of anilines is 1. The summed E-state index contributed by atoms with van der Waals surface area (Å²) >= 11 is 0. The predicted molar refractivity (Wildman–Crippen MR) is 57.5 cm³/mol. The van der Waals surface area contributed by atoms with Gasteiger partial charge < -0.3 is 4.90 Å². The zero-order valence-corrected chi connectivity index (χ0v) is 8.89. The Bertz CT molecular complexity index is 339. The lowest BCUT2D eigenvalue weighted by Gasteiger charge is -2.19. The molecule has 0 atom stereocenters. The first kappa shape index (κ1) is 8.61. The van der Waals surface area contributed by atoms with Gasteiger partial charge in [-0.25, -0.2) is 0 Å². The summed E-state index contributed by atoms with van der Waals surface area (Å²) in [6.07, 6.45) is 0. The molecule has 2 rings (SSSR count). The maximum absolute atomic E-state index is 2.35. The number of hydrogen-bond donors (Lipinski definition) is 0. The van der Waals surface area contributed by atoms with Crippen molar-refractivity contribution in [3.8, 4) is 0 Å². The van der Waals surface area contributed by atoms with Crippen LogP contribution in [0.5, 0.6) is 0 Å². The minimum atomic E-state index is 0.315. The lowest BCUT2D eigenvalue weighted by atomic mass is 9.84. The van der Waals surface area contributed by atoms with Crippen LogP contribution in [0.15, 0.2) is 18.2 Å². The van der Waals surface area contributed by atoms with E-state index in [4.69, 9.17) is 0 Å². The molecule has 0 aromatic heterocycles. The maximum Gasteiger partial charge on any atom is 0.0405 e. The van der Waals surface area contributed by atoms with Crippen LogP contribution in [0.3, 0.4) is 0 Å². The van der Waals surface area contributed by atoms with E-state index in [1.807, 2.05) is 0 Å². The van der Waals surface area contributed by atoms with Crippen molar-refractivity contribution in [2.75, 3.05) is 18.5 Å². The van der Waals surface area contributed by atoms with Crippen molar-refractivity contribution in [2.45, 2.75) is 26.2 Å². The van der Waals surface area contributed by atoms with Gasteiger partial charge in [-0.1, -0.05) is 26.0 Å². The third-order valence-corrected chi connectivity index (χ3v) is 2.97. The molecule has 0 fully saturated rings. The molecule has 70 valence electrons. The van der Waals surface area contributed by atoms with Crippen LogP contribution in [-0.2, 0) is 5.41 Å². The zero-order valence-electron chi connectivity index (χ0n) is 8.89. The highest BCUT2D eigenvalue weighted by Gasteiger charge is 2.34. The lowest BCUT2D eigenvalue weighted by molar-refractivity contribution is 0.560. The monoisotopic (exact) mass is 175 g/mol. The summed E-state index contributed by atoms with van der Waals surface area (Å²) in [6.45, 7) is 7.98. The van der Waals surface area contributed by atoms with E-state index in [1.54, 1.807) is 0 Å². The highest BCUT2D eigenvalue weighted by molar-refractivity contribution is 5.64. The van der Waals surface area contributed by atoms with Crippen LogP contribution in [0.1, 0.15) is 25.0 Å². The molecule has 0 aliphatic carbocycles. The largest absolute Gasteiger partial charge is 0.373 e. The Morgan fingerprint density at radius 2 is 2.00 bits per heavy atom. The van der Waals surface area contributed by atoms with Crippen LogP contribution in [-0.4, -0.2) is 13.6 Å². The van der Waals surface area contributed by atoms with E-state index in [1.165, 1.54) is 16.8 Å². The SMILES string of the molecule is Cc1cccc2c1C(C)(C)CN2C. The number of hydrogen-bond acceptors (Lipinski definition) is 1. The van der Waals surface area contributed by atoms with Crippen molar-refractivity contribution in [3.05, 3.63) is 29.3 Å². The van der Waals surface area contributed by atoms with Gasteiger partial charge in [0.1, 0.15) is 0 Å². The summed E-state index contributed by atoms with van der Waals surface area (Å²) in [4.78, 5) is 2.35. The van der Waals surface area contributed by atoms with Gasteiger partial charge in [-0.05, 0) is 24.1 Å². The Morgan fingerprint density at radius 3 is 2.62 bits per heavy atom. The van der Waals surface area contributed by atoms with Gasteiger partial charge in [0, 0.05) is 24.7 Å². The molecule has 1 heterocycles. The van der Waals surface area contributed by atoms with Gasteiger partial charge in [-0.3, -0.25) is 0 Å². The van der Waals surface area contributed by atoms with Crippen LogP contribution in [0, 0.1) is 6.92 Å². The van der Waals surface area contributed by atoms with Crippen LogP contribution < -0.4 is 4.90 Å². The fourth-order valence-electron chi connectivity index (χ4n) is 2.61. The normalized spacial score (nSPS) is 18.9. The van der Waals surface area contributed by atoms with Crippen LogP contribution in [0.25, 0.3) is 0 Å². The summed E-state index contributed by atoms with van der Waals surface area (Å²) in [6, 6.07) is 6.57. The van der Waals surface area contributed by atoms with Gasteiger partial charge in [-0.15, -0.1) is 0 Å². The van der Waals surface area contributed by atoms with E-state index in [-0.39, 0.29) is 0 Å². The molecule has 1 aromatic carbocycles. The molecule has 0 unspecified atom stereocenters. The average Bonchev–Trinajstić information content (AvgIpc) is 2.24. The Hall–Kier alpha value is -0.980. The van der Waals surface area contributed by atoms with Crippen LogP contribution in [0.2, 0.25) is 0 Å². The molecule has 1 aliphatic heterocycles. The van der Waals surface area contributed by atoms with Crippen LogP contribution in [0.4, 0.5) is 5.69 Å². The fraction of sp³-hybridized carbons (Fsp3) is 0.500. The highest BCUT2D eigenvalue weighted by Crippen LogP contribution is 2.41. The number of benzene rings is 1. The summed E-state index contributed by atoms with van der Waals surface area (Å²) in [5, 5.41) is 0. The van der Waals surface area contributed by atoms with Gasteiger partial charge in [0.25, 0.3) is 0 Å². The fourth-order valence-corrected chi connectivity index (χ4v) is 2.61. The van der Waals surface area contributed by atoms with E-state index >= 15 is 0 Å². The van der Waals surface area contributed by atoms with E-state index < -0.39 is 0 Å². The van der Waals surface area contributed by atoms with Crippen molar-refractivity contribution in [2.24, 2.45) is 0 Å². The van der Waals surface area contributed by atoms with Crippen molar-refractivity contribution in [1.82, 2.24) is 0 Å². The Labute approximate surface area is 80.4 Å². The van der Waals surface area contributed by atoms with Crippen molar-refractivity contribution in [3.63, 3.8) is 0 Å². The molecular weight excluding hydrogens is 158 g/mol. The lowest BCUT2D eigenvalue weighted by Crippen LogP contribution is -2.25.